The van der Waals surface area contributed by atoms with E-state index in [1.807, 2.05) is 6.07 Å². The molecule has 7 heteroatoms. The molecule has 0 fully saturated rings. The molecule has 4 rings (SSSR count). The summed E-state index contributed by atoms with van der Waals surface area (Å²) in [6.45, 7) is 0. The molecule has 0 amide bonds. The molecule has 0 spiro atoms. The van der Waals surface area contributed by atoms with Crippen LogP contribution in [0, 0.1) is 11.3 Å². The maximum absolute atomic E-state index is 12.3. The molecule has 1 N–H and O–H groups in total. The molecule has 0 aliphatic rings. The van der Waals surface area contributed by atoms with Crippen molar-refractivity contribution < 1.29 is 13.9 Å². The normalized spacial score (nSPS) is 11.3. The number of nitrogens with zero attached hydrogens (tertiary/aromatic N) is 2. The first-order valence-corrected chi connectivity index (χ1v) is 8.99. The van der Waals surface area contributed by atoms with Crippen LogP contribution in [0.4, 0.5) is 0 Å². The van der Waals surface area contributed by atoms with Gasteiger partial charge in [-0.1, -0.05) is 30.3 Å². The Morgan fingerprint density at radius 3 is 2.70 bits per heavy atom. The van der Waals surface area contributed by atoms with Crippen molar-refractivity contribution in [3.63, 3.8) is 0 Å². The van der Waals surface area contributed by atoms with Crippen molar-refractivity contribution in [1.29, 1.82) is 5.26 Å². The summed E-state index contributed by atoms with van der Waals surface area (Å²) >= 11 is 0. The molecule has 0 radical (unpaired) electrons. The zero-order chi connectivity index (χ0) is 21.1. The molecule has 7 nitrogen and oxygen atoms in total. The van der Waals surface area contributed by atoms with E-state index in [2.05, 4.69) is 9.97 Å². The maximum Gasteiger partial charge on any atom is 0.338 e. The zero-order valence-corrected chi connectivity index (χ0v) is 15.9. The van der Waals surface area contributed by atoms with E-state index in [-0.39, 0.29) is 17.0 Å². The summed E-state index contributed by atoms with van der Waals surface area (Å²) in [6, 6.07) is 19.2. The third kappa shape index (κ3) is 3.50. The fourth-order valence-electron chi connectivity index (χ4n) is 3.07. The summed E-state index contributed by atoms with van der Waals surface area (Å²) in [5.41, 5.74) is 1.24. The van der Waals surface area contributed by atoms with E-state index in [9.17, 15) is 14.9 Å². The lowest BCUT2D eigenvalue weighted by atomic mass is 10.1. The van der Waals surface area contributed by atoms with E-state index in [0.717, 1.165) is 0 Å². The number of H-pyrrole nitrogens is 1. The topological polar surface area (TPSA) is 109 Å². The van der Waals surface area contributed by atoms with E-state index in [4.69, 9.17) is 9.15 Å². The number of methoxy groups -OCH3 is 1. The molecule has 2 aromatic heterocycles. The van der Waals surface area contributed by atoms with E-state index < -0.39 is 5.97 Å². The molecule has 146 valence electrons. The van der Waals surface area contributed by atoms with Crippen LogP contribution in [0.5, 0.6) is 0 Å². The molecule has 0 saturated carbocycles. The lowest BCUT2D eigenvalue weighted by molar-refractivity contribution is 0.0601. The summed E-state index contributed by atoms with van der Waals surface area (Å²) < 4.78 is 10.6. The van der Waals surface area contributed by atoms with Crippen molar-refractivity contribution in [3.05, 3.63) is 88.2 Å². The van der Waals surface area contributed by atoms with Gasteiger partial charge >= 0.3 is 5.97 Å². The van der Waals surface area contributed by atoms with Crippen LogP contribution >= 0.6 is 0 Å². The van der Waals surface area contributed by atoms with E-state index >= 15 is 0 Å². The Bertz CT molecular complexity index is 1390. The summed E-state index contributed by atoms with van der Waals surface area (Å²) in [5.74, 6) is 0.486. The number of benzene rings is 2. The van der Waals surface area contributed by atoms with Crippen molar-refractivity contribution in [1.82, 2.24) is 9.97 Å². The number of aromatic amines is 1. The number of nitriles is 1. The SMILES string of the molecule is COC(=O)c1ccccc1-c1ccc(C=C(C#N)c2nc3ccccc3c(=O)[nH]2)o1. The summed E-state index contributed by atoms with van der Waals surface area (Å²) in [5, 5.41) is 10.0. The van der Waals surface area contributed by atoms with Gasteiger partial charge in [0.15, 0.2) is 5.82 Å². The first-order chi connectivity index (χ1) is 14.6. The number of allylic oxidation sites excluding steroid dienone is 1. The number of rotatable bonds is 4. The van der Waals surface area contributed by atoms with Crippen LogP contribution in [0.1, 0.15) is 21.9 Å². The highest BCUT2D eigenvalue weighted by Crippen LogP contribution is 2.28. The van der Waals surface area contributed by atoms with Crippen molar-refractivity contribution in [3.8, 4) is 17.4 Å². The Morgan fingerprint density at radius 1 is 1.13 bits per heavy atom. The standard InChI is InChI=1S/C23H15N3O4/c1-29-23(28)17-7-3-2-6-16(17)20-11-10-15(30-20)12-14(13-24)21-25-19-9-5-4-8-18(19)22(27)26-21/h2-12H,1H3,(H,25,26,27). The van der Waals surface area contributed by atoms with Crippen LogP contribution < -0.4 is 5.56 Å². The fraction of sp³-hybridized carbons (Fsp3) is 0.0435. The number of hydrogen-bond donors (Lipinski definition) is 1. The number of hydrogen-bond acceptors (Lipinski definition) is 6. The van der Waals surface area contributed by atoms with Crippen LogP contribution in [-0.2, 0) is 4.74 Å². The Kier molecular flexibility index (Phi) is 4.97. The number of para-hydroxylation sites is 1. The Hall–Kier alpha value is -4.44. The minimum Gasteiger partial charge on any atom is -0.465 e. The highest BCUT2D eigenvalue weighted by Gasteiger charge is 2.16. The lowest BCUT2D eigenvalue weighted by Crippen LogP contribution is -2.11. The average molecular weight is 397 g/mol. The molecule has 0 unspecified atom stereocenters. The number of nitrogens with one attached hydrogen (secondary N) is 1. The molecule has 2 aromatic carbocycles. The van der Waals surface area contributed by atoms with Gasteiger partial charge in [0, 0.05) is 11.6 Å². The van der Waals surface area contributed by atoms with Gasteiger partial charge in [0.1, 0.15) is 17.6 Å². The fourth-order valence-corrected chi connectivity index (χ4v) is 3.07. The molecule has 0 saturated heterocycles. The molecule has 0 bridgehead atoms. The van der Waals surface area contributed by atoms with Gasteiger partial charge in [-0.3, -0.25) is 4.79 Å². The number of carbonyl (C=O) groups excluding carboxylic acids is 1. The number of esters is 1. The van der Waals surface area contributed by atoms with Crippen molar-refractivity contribution in [2.75, 3.05) is 7.11 Å². The molecule has 0 aliphatic carbocycles. The van der Waals surface area contributed by atoms with Gasteiger partial charge in [-0.25, -0.2) is 9.78 Å². The third-order valence-corrected chi connectivity index (χ3v) is 4.50. The third-order valence-electron chi connectivity index (χ3n) is 4.50. The molecule has 30 heavy (non-hydrogen) atoms. The molecule has 4 aromatic rings. The monoisotopic (exact) mass is 397 g/mol. The number of carbonyl (C=O) groups is 1. The summed E-state index contributed by atoms with van der Waals surface area (Å²) in [4.78, 5) is 31.3. The van der Waals surface area contributed by atoms with Gasteiger partial charge in [0.25, 0.3) is 5.56 Å². The maximum atomic E-state index is 12.3. The van der Waals surface area contributed by atoms with E-state index in [1.54, 1.807) is 60.7 Å². The van der Waals surface area contributed by atoms with Gasteiger partial charge in [-0.05, 0) is 30.3 Å². The first kappa shape index (κ1) is 18.9. The Balaban J connectivity index is 1.75. The van der Waals surface area contributed by atoms with Crippen molar-refractivity contribution in [2.24, 2.45) is 0 Å². The number of ether oxygens (including phenoxy) is 1. The van der Waals surface area contributed by atoms with Gasteiger partial charge in [0.2, 0.25) is 0 Å². The first-order valence-electron chi connectivity index (χ1n) is 8.99. The number of aromatic nitrogens is 2. The Morgan fingerprint density at radius 2 is 1.90 bits per heavy atom. The lowest BCUT2D eigenvalue weighted by Gasteiger charge is -2.04. The quantitative estimate of drug-likeness (QED) is 0.411. The predicted molar refractivity (Wildman–Crippen MR) is 111 cm³/mol. The molecule has 2 heterocycles. The number of fused-ring (bicyclic) bond motifs is 1. The molecular formula is C23H15N3O4. The van der Waals surface area contributed by atoms with Gasteiger partial charge < -0.3 is 14.1 Å². The average Bonchev–Trinajstić information content (AvgIpc) is 3.25. The van der Waals surface area contributed by atoms with Crippen LogP contribution in [-0.4, -0.2) is 23.0 Å². The predicted octanol–water partition coefficient (Wildman–Crippen LogP) is 4.03. The second-order valence-corrected chi connectivity index (χ2v) is 6.34. The van der Waals surface area contributed by atoms with Gasteiger partial charge in [0.05, 0.1) is 29.1 Å². The van der Waals surface area contributed by atoms with Gasteiger partial charge in [-0.15, -0.1) is 0 Å². The molecule has 0 atom stereocenters. The zero-order valence-electron chi connectivity index (χ0n) is 15.9. The minimum absolute atomic E-state index is 0.139. The van der Waals surface area contributed by atoms with Crippen molar-refractivity contribution in [2.45, 2.75) is 0 Å². The van der Waals surface area contributed by atoms with Gasteiger partial charge in [-0.2, -0.15) is 5.26 Å². The highest BCUT2D eigenvalue weighted by molar-refractivity contribution is 5.96. The summed E-state index contributed by atoms with van der Waals surface area (Å²) in [6.07, 6.45) is 1.48. The van der Waals surface area contributed by atoms with Crippen LogP contribution in [0.25, 0.3) is 33.9 Å². The van der Waals surface area contributed by atoms with Crippen LogP contribution in [0.2, 0.25) is 0 Å². The number of furan rings is 1. The van der Waals surface area contributed by atoms with E-state index in [1.165, 1.54) is 13.2 Å². The largest absolute Gasteiger partial charge is 0.465 e. The Labute approximate surface area is 170 Å². The summed E-state index contributed by atoms with van der Waals surface area (Å²) in [7, 11) is 1.31. The second kappa shape index (κ2) is 7.89. The molecular weight excluding hydrogens is 382 g/mol. The second-order valence-electron chi connectivity index (χ2n) is 6.34. The molecule has 0 aliphatic heterocycles. The highest BCUT2D eigenvalue weighted by atomic mass is 16.5. The van der Waals surface area contributed by atoms with Crippen molar-refractivity contribution >= 4 is 28.5 Å². The van der Waals surface area contributed by atoms with Crippen LogP contribution in [0.3, 0.4) is 0 Å². The minimum atomic E-state index is -0.477. The smallest absolute Gasteiger partial charge is 0.338 e. The van der Waals surface area contributed by atoms with E-state index in [0.29, 0.717) is 33.6 Å². The van der Waals surface area contributed by atoms with Crippen LogP contribution in [0.15, 0.2) is 69.9 Å².